The highest BCUT2D eigenvalue weighted by atomic mass is 79.9. The second-order valence-electron chi connectivity index (χ2n) is 9.38. The summed E-state index contributed by atoms with van der Waals surface area (Å²) in [5, 5.41) is 5.74. The van der Waals surface area contributed by atoms with Crippen molar-refractivity contribution in [2.45, 2.75) is 50.1 Å². The first-order valence-corrected chi connectivity index (χ1v) is 12.5. The Bertz CT molecular complexity index is 1410. The molecule has 0 unspecified atom stereocenters. The SMILES string of the molecule is CN(C)c1ncc(Br)c([C@H](Cc2cc(F)cc(F)c2)NC(=O)Cn2nc(C(F)F)c3c2C(F)(F)CCC3(F)F)n1. The third kappa shape index (κ3) is 6.05. The number of carbonyl (C=O) groups excluding carboxylic acids is 1. The van der Waals surface area contributed by atoms with Crippen molar-refractivity contribution in [2.75, 3.05) is 19.0 Å². The Morgan fingerprint density at radius 1 is 1.07 bits per heavy atom. The lowest BCUT2D eigenvalue weighted by molar-refractivity contribution is -0.123. The molecule has 0 fully saturated rings. The molecule has 0 bridgehead atoms. The average Bonchev–Trinajstić information content (AvgIpc) is 3.23. The van der Waals surface area contributed by atoms with Crippen molar-refractivity contribution in [2.24, 2.45) is 0 Å². The van der Waals surface area contributed by atoms with E-state index in [1.807, 2.05) is 0 Å². The molecule has 0 saturated carbocycles. The second-order valence-corrected chi connectivity index (χ2v) is 10.2. The number of aromatic nitrogens is 4. The van der Waals surface area contributed by atoms with Crippen LogP contribution in [0.2, 0.25) is 0 Å². The molecule has 1 atom stereocenters. The number of fused-ring (bicyclic) bond motifs is 1. The predicted molar refractivity (Wildman–Crippen MR) is 129 cm³/mol. The number of amides is 1. The number of anilines is 1. The number of benzene rings is 1. The number of rotatable bonds is 8. The van der Waals surface area contributed by atoms with Gasteiger partial charge in [-0.15, -0.1) is 0 Å². The van der Waals surface area contributed by atoms with Gasteiger partial charge in [-0.3, -0.25) is 9.48 Å². The Morgan fingerprint density at radius 3 is 2.30 bits per heavy atom. The summed E-state index contributed by atoms with van der Waals surface area (Å²) in [4.78, 5) is 23.0. The van der Waals surface area contributed by atoms with Gasteiger partial charge in [0.2, 0.25) is 11.9 Å². The molecule has 0 saturated heterocycles. The molecule has 16 heteroatoms. The third-order valence-electron chi connectivity index (χ3n) is 6.13. The lowest BCUT2D eigenvalue weighted by atomic mass is 9.89. The van der Waals surface area contributed by atoms with Gasteiger partial charge >= 0.3 is 0 Å². The van der Waals surface area contributed by atoms with Gasteiger partial charge in [-0.25, -0.2) is 36.3 Å². The van der Waals surface area contributed by atoms with Gasteiger partial charge in [0.25, 0.3) is 18.3 Å². The van der Waals surface area contributed by atoms with Crippen LogP contribution in [0, 0.1) is 11.6 Å². The molecule has 1 aliphatic carbocycles. The molecule has 4 rings (SSSR count). The van der Waals surface area contributed by atoms with Crippen molar-refractivity contribution in [1.82, 2.24) is 25.1 Å². The number of hydrogen-bond donors (Lipinski definition) is 1. The number of nitrogens with zero attached hydrogens (tertiary/aromatic N) is 5. The van der Waals surface area contributed by atoms with Crippen molar-refractivity contribution in [3.63, 3.8) is 0 Å². The molecule has 216 valence electrons. The molecular weight excluding hydrogens is 620 g/mol. The minimum Gasteiger partial charge on any atom is -0.347 e. The van der Waals surface area contributed by atoms with Crippen LogP contribution >= 0.6 is 15.9 Å². The summed E-state index contributed by atoms with van der Waals surface area (Å²) in [6.07, 6.45) is -5.21. The molecule has 0 radical (unpaired) electrons. The maximum atomic E-state index is 14.7. The normalized spacial score (nSPS) is 16.5. The summed E-state index contributed by atoms with van der Waals surface area (Å²) in [5.41, 5.74) is -4.37. The molecule has 1 aliphatic rings. The molecule has 2 heterocycles. The fraction of sp³-hybridized carbons (Fsp3) is 0.417. The van der Waals surface area contributed by atoms with Crippen molar-refractivity contribution in [3.8, 4) is 0 Å². The van der Waals surface area contributed by atoms with E-state index >= 15 is 0 Å². The van der Waals surface area contributed by atoms with E-state index < -0.39 is 78.2 Å². The second kappa shape index (κ2) is 10.9. The highest BCUT2D eigenvalue weighted by molar-refractivity contribution is 9.10. The minimum atomic E-state index is -4.00. The highest BCUT2D eigenvalue weighted by Crippen LogP contribution is 2.52. The number of alkyl halides is 6. The van der Waals surface area contributed by atoms with E-state index in [0.29, 0.717) is 6.07 Å². The predicted octanol–water partition coefficient (Wildman–Crippen LogP) is 5.80. The standard InChI is InChI=1S/C24H21BrF8N6O/c1-38(2)22-34-9-14(25)18(36-22)15(7-11-5-12(26)8-13(27)6-11)35-16(40)10-39-20-17(19(37-39)21(28)29)23(30,31)3-4-24(20,32)33/h5-6,8-9,15,21H,3-4,7,10H2,1-2H3,(H,35,40)/t15-/m0/s1. The van der Waals surface area contributed by atoms with Gasteiger partial charge in [0, 0.05) is 39.2 Å². The number of carbonyl (C=O) groups is 1. The van der Waals surface area contributed by atoms with Gasteiger partial charge in [0.15, 0.2) is 0 Å². The van der Waals surface area contributed by atoms with E-state index in [0.717, 1.165) is 12.1 Å². The van der Waals surface area contributed by atoms with E-state index in [9.17, 15) is 39.9 Å². The molecule has 1 N–H and O–H groups in total. The van der Waals surface area contributed by atoms with E-state index in [4.69, 9.17) is 0 Å². The van der Waals surface area contributed by atoms with Crippen LogP contribution in [-0.2, 0) is 29.6 Å². The molecule has 0 aliphatic heterocycles. The van der Waals surface area contributed by atoms with Crippen LogP contribution in [0.15, 0.2) is 28.9 Å². The molecular formula is C24H21BrF8N6O. The smallest absolute Gasteiger partial charge is 0.290 e. The maximum absolute atomic E-state index is 14.7. The largest absolute Gasteiger partial charge is 0.347 e. The maximum Gasteiger partial charge on any atom is 0.290 e. The van der Waals surface area contributed by atoms with E-state index in [-0.39, 0.29) is 32.8 Å². The Labute approximate surface area is 230 Å². The minimum absolute atomic E-state index is 0.0855. The van der Waals surface area contributed by atoms with E-state index in [1.54, 1.807) is 14.1 Å². The Hall–Kier alpha value is -3.30. The van der Waals surface area contributed by atoms with E-state index in [2.05, 4.69) is 36.3 Å². The molecule has 40 heavy (non-hydrogen) atoms. The zero-order chi connectivity index (χ0) is 29.6. The van der Waals surface area contributed by atoms with Crippen molar-refractivity contribution < 1.29 is 39.9 Å². The topological polar surface area (TPSA) is 75.9 Å². The van der Waals surface area contributed by atoms with Crippen molar-refractivity contribution in [1.29, 1.82) is 0 Å². The zero-order valence-electron chi connectivity index (χ0n) is 20.8. The van der Waals surface area contributed by atoms with Gasteiger partial charge in [-0.05, 0) is 40.0 Å². The Balaban J connectivity index is 1.72. The lowest BCUT2D eigenvalue weighted by Crippen LogP contribution is -2.37. The first-order chi connectivity index (χ1) is 18.6. The Kier molecular flexibility index (Phi) is 8.11. The highest BCUT2D eigenvalue weighted by Gasteiger charge is 2.55. The van der Waals surface area contributed by atoms with Crippen LogP contribution in [-0.4, -0.2) is 39.8 Å². The number of nitrogens with one attached hydrogen (secondary N) is 1. The van der Waals surface area contributed by atoms with Gasteiger partial charge in [-0.2, -0.15) is 13.9 Å². The quantitative estimate of drug-likeness (QED) is 0.315. The Morgan fingerprint density at radius 2 is 1.70 bits per heavy atom. The van der Waals surface area contributed by atoms with Crippen LogP contribution in [0.3, 0.4) is 0 Å². The number of hydrogen-bond acceptors (Lipinski definition) is 5. The van der Waals surface area contributed by atoms with Crippen molar-refractivity contribution >= 4 is 27.8 Å². The summed E-state index contributed by atoms with van der Waals surface area (Å²) in [5.74, 6) is -10.7. The summed E-state index contributed by atoms with van der Waals surface area (Å²) < 4.78 is 114. The van der Waals surface area contributed by atoms with Crippen molar-refractivity contribution in [3.05, 3.63) is 68.7 Å². The monoisotopic (exact) mass is 640 g/mol. The molecule has 1 amide bonds. The zero-order valence-corrected chi connectivity index (χ0v) is 22.4. The molecule has 7 nitrogen and oxygen atoms in total. The summed E-state index contributed by atoms with van der Waals surface area (Å²) >= 11 is 3.25. The molecule has 2 aromatic heterocycles. The van der Waals surface area contributed by atoms with Crippen LogP contribution in [0.25, 0.3) is 0 Å². The lowest BCUT2D eigenvalue weighted by Gasteiger charge is -2.29. The third-order valence-corrected chi connectivity index (χ3v) is 6.74. The first kappa shape index (κ1) is 29.7. The van der Waals surface area contributed by atoms with Gasteiger partial charge in [0.05, 0.1) is 21.8 Å². The fourth-order valence-electron chi connectivity index (χ4n) is 4.42. The molecule has 3 aromatic rings. The molecule has 0 spiro atoms. The van der Waals surface area contributed by atoms with Crippen LogP contribution < -0.4 is 10.2 Å². The van der Waals surface area contributed by atoms with Crippen LogP contribution in [0.5, 0.6) is 0 Å². The first-order valence-electron chi connectivity index (χ1n) is 11.7. The van der Waals surface area contributed by atoms with Crippen LogP contribution in [0.4, 0.5) is 41.1 Å². The summed E-state index contributed by atoms with van der Waals surface area (Å²) in [6.45, 7) is -1.13. The van der Waals surface area contributed by atoms with Gasteiger partial charge < -0.3 is 10.2 Å². The summed E-state index contributed by atoms with van der Waals surface area (Å²) in [6, 6.07) is 1.49. The van der Waals surface area contributed by atoms with Gasteiger partial charge in [0.1, 0.15) is 29.6 Å². The van der Waals surface area contributed by atoms with Crippen LogP contribution in [0.1, 0.15) is 53.5 Å². The van der Waals surface area contributed by atoms with E-state index in [1.165, 1.54) is 11.1 Å². The van der Waals surface area contributed by atoms with Gasteiger partial charge in [-0.1, -0.05) is 0 Å². The fourth-order valence-corrected chi connectivity index (χ4v) is 4.89. The number of halogens is 9. The molecule has 1 aromatic carbocycles. The average molecular weight is 641 g/mol. The summed E-state index contributed by atoms with van der Waals surface area (Å²) in [7, 11) is 3.25.